The van der Waals surface area contributed by atoms with Crippen molar-refractivity contribution in [1.82, 2.24) is 4.98 Å². The number of rotatable bonds is 7. The number of carboxylic acid groups (broad SMARTS) is 1. The minimum Gasteiger partial charge on any atom is -0.478 e. The topological polar surface area (TPSA) is 141 Å². The molecule has 2 heterocycles. The van der Waals surface area contributed by atoms with E-state index in [0.29, 0.717) is 15.8 Å². The highest BCUT2D eigenvalue weighted by atomic mass is 35.5. The van der Waals surface area contributed by atoms with Gasteiger partial charge in [0.15, 0.2) is 10.9 Å². The zero-order valence-corrected chi connectivity index (χ0v) is 18.0. The lowest BCUT2D eigenvalue weighted by atomic mass is 10.1. The maximum Gasteiger partial charge on any atom is 0.335 e. The lowest BCUT2D eigenvalue weighted by molar-refractivity contribution is -0.120. The summed E-state index contributed by atoms with van der Waals surface area (Å²) in [4.78, 5) is 29.2. The van der Waals surface area contributed by atoms with E-state index in [1.54, 1.807) is 19.2 Å². The van der Waals surface area contributed by atoms with Gasteiger partial charge >= 0.3 is 5.97 Å². The maximum absolute atomic E-state index is 11.4. The molecule has 0 bridgehead atoms. The number of anilines is 3. The zero-order chi connectivity index (χ0) is 22.3. The smallest absolute Gasteiger partial charge is 0.335 e. The summed E-state index contributed by atoms with van der Waals surface area (Å²) in [6.07, 6.45) is -1.19. The number of primary amides is 1. The Labute approximate surface area is 186 Å². The van der Waals surface area contributed by atoms with Crippen LogP contribution >= 0.6 is 22.9 Å². The Hall–Kier alpha value is -3.08. The molecule has 2 aromatic carbocycles. The molecule has 31 heavy (non-hydrogen) atoms. The molecule has 1 aromatic heterocycles. The quantitative estimate of drug-likeness (QED) is 0.361. The number of carbonyl (C=O) groups excluding carboxylic acids is 1. The van der Waals surface area contributed by atoms with Gasteiger partial charge in [0, 0.05) is 18.5 Å². The highest BCUT2D eigenvalue weighted by Gasteiger charge is 2.44. The summed E-state index contributed by atoms with van der Waals surface area (Å²) in [5, 5.41) is 27.6. The summed E-state index contributed by atoms with van der Waals surface area (Å²) in [5.74, 6) is -2.75. The molecule has 0 radical (unpaired) electrons. The fraction of sp³-hybridized carbons (Fsp3) is 0.250. The number of aliphatic hydroxyl groups is 1. The van der Waals surface area contributed by atoms with Gasteiger partial charge in [0.2, 0.25) is 5.91 Å². The van der Waals surface area contributed by atoms with Gasteiger partial charge < -0.3 is 31.5 Å². The Kier molecular flexibility index (Phi) is 5.38. The summed E-state index contributed by atoms with van der Waals surface area (Å²) >= 11 is 7.47. The number of carboxylic acids is 1. The molecule has 2 atom stereocenters. The summed E-state index contributed by atoms with van der Waals surface area (Å²) in [6.45, 7) is 0. The molecule has 11 heteroatoms. The summed E-state index contributed by atoms with van der Waals surface area (Å²) in [7, 11) is 1.80. The van der Waals surface area contributed by atoms with Gasteiger partial charge in [-0.25, -0.2) is 9.78 Å². The number of carbonyl (C=O) groups is 2. The second-order valence-electron chi connectivity index (χ2n) is 7.37. The highest BCUT2D eigenvalue weighted by Crippen LogP contribution is 2.43. The first-order valence-corrected chi connectivity index (χ1v) is 10.6. The first-order chi connectivity index (χ1) is 14.7. The molecule has 4 rings (SSSR count). The van der Waals surface area contributed by atoms with Crippen LogP contribution in [0, 0.1) is 0 Å². The second-order valence-corrected chi connectivity index (χ2v) is 8.83. The number of aromatic nitrogens is 1. The molecule has 9 nitrogen and oxygen atoms in total. The van der Waals surface area contributed by atoms with Gasteiger partial charge in [0.1, 0.15) is 0 Å². The van der Waals surface area contributed by atoms with Gasteiger partial charge in [-0.1, -0.05) is 22.9 Å². The van der Waals surface area contributed by atoms with Crippen molar-refractivity contribution in [3.63, 3.8) is 0 Å². The number of aliphatic hydroxyl groups excluding tert-OH is 1. The number of fused-ring (bicyclic) bond motifs is 2. The van der Waals surface area contributed by atoms with Crippen molar-refractivity contribution >= 4 is 61.5 Å². The van der Waals surface area contributed by atoms with E-state index >= 15 is 0 Å². The zero-order valence-electron chi connectivity index (χ0n) is 16.4. The van der Waals surface area contributed by atoms with E-state index in [-0.39, 0.29) is 18.4 Å². The standard InChI is InChI=1S/C20H20ClN5O4S/c1-26-15-5-2-10(18(29)30)6-14(15)24-20(26,9-12(27)8-17(22)28)25-19-23-13-4-3-11(21)7-16(13)31-19/h2-7,12,24,27H,8-9H2,1H3,(H2,22,28)(H,23,25)(H,29,30). The Morgan fingerprint density at radius 1 is 1.35 bits per heavy atom. The first-order valence-electron chi connectivity index (χ1n) is 9.37. The molecule has 0 spiro atoms. The average molecular weight is 462 g/mol. The SMILES string of the molecule is CN1c2ccc(C(=O)O)cc2NC1(CC(O)CC(N)=O)Nc1nc2ccc(Cl)cc2s1. The number of nitrogens with one attached hydrogen (secondary N) is 2. The summed E-state index contributed by atoms with van der Waals surface area (Å²) in [5.41, 5.74) is 7.45. The monoisotopic (exact) mass is 461 g/mol. The molecule has 0 fully saturated rings. The second kappa shape index (κ2) is 7.88. The van der Waals surface area contributed by atoms with Crippen LogP contribution in [0.5, 0.6) is 0 Å². The van der Waals surface area contributed by atoms with Crippen LogP contribution in [0.3, 0.4) is 0 Å². The van der Waals surface area contributed by atoms with Gasteiger partial charge in [-0.3, -0.25) is 4.79 Å². The van der Waals surface area contributed by atoms with Crippen molar-refractivity contribution in [2.75, 3.05) is 22.6 Å². The Bertz CT molecular complexity index is 1190. The molecule has 6 N–H and O–H groups in total. The number of aromatic carboxylic acids is 1. The van der Waals surface area contributed by atoms with Crippen molar-refractivity contribution in [2.45, 2.75) is 24.7 Å². The van der Waals surface area contributed by atoms with E-state index in [9.17, 15) is 19.8 Å². The number of nitrogens with two attached hydrogens (primary N) is 1. The van der Waals surface area contributed by atoms with Crippen LogP contribution in [-0.4, -0.2) is 46.0 Å². The van der Waals surface area contributed by atoms with Gasteiger partial charge in [0.05, 0.1) is 39.7 Å². The molecule has 1 aliphatic rings. The van der Waals surface area contributed by atoms with Crippen LogP contribution in [0.15, 0.2) is 36.4 Å². The van der Waals surface area contributed by atoms with Gasteiger partial charge in [-0.2, -0.15) is 0 Å². The van der Waals surface area contributed by atoms with E-state index in [0.717, 1.165) is 15.9 Å². The molecule has 1 amide bonds. The first kappa shape index (κ1) is 21.2. The molecular formula is C20H20ClN5O4S. The van der Waals surface area contributed by atoms with Crippen LogP contribution < -0.4 is 21.3 Å². The Morgan fingerprint density at radius 3 is 2.84 bits per heavy atom. The highest BCUT2D eigenvalue weighted by molar-refractivity contribution is 7.22. The number of amides is 1. The van der Waals surface area contributed by atoms with Crippen molar-refractivity contribution in [2.24, 2.45) is 5.73 Å². The molecule has 1 aliphatic heterocycles. The van der Waals surface area contributed by atoms with E-state index in [4.69, 9.17) is 17.3 Å². The van der Waals surface area contributed by atoms with E-state index < -0.39 is 23.8 Å². The summed E-state index contributed by atoms with van der Waals surface area (Å²) < 4.78 is 0.883. The van der Waals surface area contributed by atoms with E-state index in [1.165, 1.54) is 23.5 Å². The molecule has 0 aliphatic carbocycles. The largest absolute Gasteiger partial charge is 0.478 e. The number of hydrogen-bond acceptors (Lipinski definition) is 8. The van der Waals surface area contributed by atoms with Gasteiger partial charge in [-0.05, 0) is 36.4 Å². The van der Waals surface area contributed by atoms with Gasteiger partial charge in [0.25, 0.3) is 0 Å². The fourth-order valence-corrected chi connectivity index (χ4v) is 4.92. The Morgan fingerprint density at radius 2 is 2.13 bits per heavy atom. The minimum atomic E-state index is -1.08. The predicted molar refractivity (Wildman–Crippen MR) is 121 cm³/mol. The molecule has 162 valence electrons. The van der Waals surface area contributed by atoms with Crippen molar-refractivity contribution in [1.29, 1.82) is 0 Å². The number of benzene rings is 2. The van der Waals surface area contributed by atoms with E-state index in [2.05, 4.69) is 15.6 Å². The molecule has 2 unspecified atom stereocenters. The molecule has 3 aromatic rings. The molecule has 0 saturated heterocycles. The van der Waals surface area contributed by atoms with Crippen LogP contribution in [-0.2, 0) is 4.79 Å². The third-order valence-corrected chi connectivity index (χ3v) is 6.32. The van der Waals surface area contributed by atoms with E-state index in [1.807, 2.05) is 17.0 Å². The number of halogens is 1. The average Bonchev–Trinajstić information content (AvgIpc) is 3.18. The number of nitrogens with zero attached hydrogens (tertiary/aromatic N) is 2. The third-order valence-electron chi connectivity index (χ3n) is 5.15. The van der Waals surface area contributed by atoms with Crippen LogP contribution in [0.4, 0.5) is 16.5 Å². The fourth-order valence-electron chi connectivity index (χ4n) is 3.70. The van der Waals surface area contributed by atoms with Gasteiger partial charge in [-0.15, -0.1) is 0 Å². The third kappa shape index (κ3) is 4.09. The maximum atomic E-state index is 11.4. The lowest BCUT2D eigenvalue weighted by Crippen LogP contribution is -2.57. The molecule has 0 saturated carbocycles. The van der Waals surface area contributed by atoms with Crippen molar-refractivity contribution < 1.29 is 19.8 Å². The van der Waals surface area contributed by atoms with Crippen molar-refractivity contribution in [3.05, 3.63) is 47.0 Å². The predicted octanol–water partition coefficient (Wildman–Crippen LogP) is 2.90. The minimum absolute atomic E-state index is 0.0696. The lowest BCUT2D eigenvalue weighted by Gasteiger charge is -2.39. The summed E-state index contributed by atoms with van der Waals surface area (Å²) in [6, 6.07) is 10.1. The van der Waals surface area contributed by atoms with Crippen LogP contribution in [0.25, 0.3) is 10.2 Å². The number of thiazole rings is 1. The normalized spacial score (nSPS) is 18.5. The van der Waals surface area contributed by atoms with Crippen LogP contribution in [0.1, 0.15) is 23.2 Å². The Balaban J connectivity index is 1.72. The van der Waals surface area contributed by atoms with Crippen molar-refractivity contribution in [3.8, 4) is 0 Å². The number of hydrogen-bond donors (Lipinski definition) is 5. The molecular weight excluding hydrogens is 442 g/mol. The van der Waals surface area contributed by atoms with Crippen LogP contribution in [0.2, 0.25) is 5.02 Å².